The third kappa shape index (κ3) is 5.09. The molecule has 1 aromatic rings. The molecule has 0 bridgehead atoms. The summed E-state index contributed by atoms with van der Waals surface area (Å²) in [5, 5.41) is 10.3. The molecule has 2 rings (SSSR count). The van der Waals surface area contributed by atoms with Gasteiger partial charge in [-0.25, -0.2) is 0 Å². The van der Waals surface area contributed by atoms with Gasteiger partial charge in [0.25, 0.3) is 0 Å². The van der Waals surface area contributed by atoms with Crippen molar-refractivity contribution >= 4 is 10.8 Å². The molecule has 3 N–H and O–H groups in total. The van der Waals surface area contributed by atoms with Gasteiger partial charge in [-0.15, -0.1) is 0 Å². The van der Waals surface area contributed by atoms with Crippen molar-refractivity contribution in [1.82, 2.24) is 0 Å². The van der Waals surface area contributed by atoms with E-state index in [1.807, 2.05) is 24.3 Å². The van der Waals surface area contributed by atoms with Gasteiger partial charge in [0, 0.05) is 28.2 Å². The maximum Gasteiger partial charge on any atom is 0.123 e. The Morgan fingerprint density at radius 2 is 2.00 bits per heavy atom. The highest BCUT2D eigenvalue weighted by Gasteiger charge is 2.22. The van der Waals surface area contributed by atoms with E-state index in [0.29, 0.717) is 18.0 Å². The average molecular weight is 311 g/mol. The topological polar surface area (TPSA) is 72.6 Å². The maximum atomic E-state index is 12.2. The van der Waals surface area contributed by atoms with Gasteiger partial charge in [-0.05, 0) is 18.9 Å². The van der Waals surface area contributed by atoms with Crippen LogP contribution in [0.3, 0.4) is 0 Å². The van der Waals surface area contributed by atoms with Crippen molar-refractivity contribution in [1.29, 1.82) is 0 Å². The predicted octanol–water partition coefficient (Wildman–Crippen LogP) is 1.97. The molecule has 21 heavy (non-hydrogen) atoms. The lowest BCUT2D eigenvalue weighted by atomic mass is 10.0. The molecule has 1 aliphatic carbocycles. The van der Waals surface area contributed by atoms with Gasteiger partial charge in [0.15, 0.2) is 0 Å². The molecule has 1 saturated carbocycles. The standard InChI is InChI=1S/C16H25NO3S/c17-10-13-6-4-5-9-16(13)20-11-14(18)12-21(19)15-7-2-1-3-8-15/h4-6,9,14-15,18H,1-3,7-8,10-12,17H2. The van der Waals surface area contributed by atoms with Crippen LogP contribution in [0.1, 0.15) is 37.7 Å². The summed E-state index contributed by atoms with van der Waals surface area (Å²) in [7, 11) is -0.956. The number of rotatable bonds is 7. The number of nitrogens with two attached hydrogens (primary N) is 1. The van der Waals surface area contributed by atoms with Crippen LogP contribution in [0, 0.1) is 0 Å². The summed E-state index contributed by atoms with van der Waals surface area (Å²) < 4.78 is 17.8. The number of benzene rings is 1. The summed E-state index contributed by atoms with van der Waals surface area (Å²) in [6.07, 6.45) is 4.92. The molecule has 0 aliphatic heterocycles. The van der Waals surface area contributed by atoms with Crippen LogP contribution in [0.15, 0.2) is 24.3 Å². The van der Waals surface area contributed by atoms with Crippen LogP contribution in [0.2, 0.25) is 0 Å². The minimum Gasteiger partial charge on any atom is -0.491 e. The van der Waals surface area contributed by atoms with E-state index in [0.717, 1.165) is 31.2 Å². The molecule has 2 unspecified atom stereocenters. The molecule has 0 amide bonds. The summed E-state index contributed by atoms with van der Waals surface area (Å²) in [4.78, 5) is 0. The average Bonchev–Trinajstić information content (AvgIpc) is 2.54. The Hall–Kier alpha value is -0.910. The van der Waals surface area contributed by atoms with Crippen molar-refractivity contribution in [3.05, 3.63) is 29.8 Å². The first-order valence-corrected chi connectivity index (χ1v) is 9.05. The number of aliphatic hydroxyl groups excluding tert-OH is 1. The van der Waals surface area contributed by atoms with E-state index < -0.39 is 16.9 Å². The van der Waals surface area contributed by atoms with Gasteiger partial charge in [0.05, 0.1) is 11.9 Å². The van der Waals surface area contributed by atoms with Crippen LogP contribution in [-0.4, -0.2) is 33.0 Å². The Balaban J connectivity index is 1.78. The zero-order valence-corrected chi connectivity index (χ0v) is 13.2. The molecule has 1 fully saturated rings. The Kier molecular flexibility index (Phi) is 6.67. The zero-order valence-electron chi connectivity index (χ0n) is 12.4. The van der Waals surface area contributed by atoms with E-state index in [1.165, 1.54) is 6.42 Å². The van der Waals surface area contributed by atoms with Crippen molar-refractivity contribution in [3.8, 4) is 5.75 Å². The van der Waals surface area contributed by atoms with Crippen LogP contribution in [-0.2, 0) is 17.3 Å². The summed E-state index contributed by atoms with van der Waals surface area (Å²) in [6.45, 7) is 0.565. The van der Waals surface area contributed by atoms with E-state index in [4.69, 9.17) is 10.5 Å². The van der Waals surface area contributed by atoms with Crippen molar-refractivity contribution in [2.24, 2.45) is 5.73 Å². The van der Waals surface area contributed by atoms with Gasteiger partial charge in [-0.1, -0.05) is 37.5 Å². The smallest absolute Gasteiger partial charge is 0.123 e. The third-order valence-electron chi connectivity index (χ3n) is 3.90. The lowest BCUT2D eigenvalue weighted by molar-refractivity contribution is 0.125. The fourth-order valence-electron chi connectivity index (χ4n) is 2.70. The molecule has 0 heterocycles. The van der Waals surface area contributed by atoms with Gasteiger partial charge in [0.1, 0.15) is 12.4 Å². The van der Waals surface area contributed by atoms with Gasteiger partial charge in [-0.2, -0.15) is 0 Å². The van der Waals surface area contributed by atoms with Crippen molar-refractivity contribution in [2.75, 3.05) is 12.4 Å². The molecule has 1 aliphatic rings. The number of para-hydroxylation sites is 1. The van der Waals surface area contributed by atoms with Gasteiger partial charge in [-0.3, -0.25) is 4.21 Å². The Morgan fingerprint density at radius 3 is 2.71 bits per heavy atom. The Bertz CT molecular complexity index is 461. The first-order chi connectivity index (χ1) is 10.2. The zero-order chi connectivity index (χ0) is 15.1. The molecule has 0 aromatic heterocycles. The second kappa shape index (κ2) is 8.51. The molecule has 5 heteroatoms. The normalized spacial score (nSPS) is 19.1. The highest BCUT2D eigenvalue weighted by Crippen LogP contribution is 2.22. The number of aliphatic hydroxyl groups is 1. The molecular formula is C16H25NO3S. The molecular weight excluding hydrogens is 286 g/mol. The first-order valence-electron chi connectivity index (χ1n) is 7.66. The second-order valence-corrected chi connectivity index (χ2v) is 7.35. The van der Waals surface area contributed by atoms with Crippen molar-refractivity contribution in [2.45, 2.75) is 50.0 Å². The van der Waals surface area contributed by atoms with E-state index in [2.05, 4.69) is 0 Å². The largest absolute Gasteiger partial charge is 0.491 e. The lowest BCUT2D eigenvalue weighted by Crippen LogP contribution is -2.30. The first kappa shape index (κ1) is 16.5. The number of ether oxygens (including phenoxy) is 1. The summed E-state index contributed by atoms with van der Waals surface area (Å²) in [5.41, 5.74) is 6.56. The van der Waals surface area contributed by atoms with Crippen LogP contribution in [0.4, 0.5) is 0 Å². The summed E-state index contributed by atoms with van der Waals surface area (Å²) >= 11 is 0. The van der Waals surface area contributed by atoms with Crippen LogP contribution >= 0.6 is 0 Å². The minimum atomic E-state index is -0.956. The van der Waals surface area contributed by atoms with E-state index >= 15 is 0 Å². The quantitative estimate of drug-likeness (QED) is 0.807. The highest BCUT2D eigenvalue weighted by molar-refractivity contribution is 7.85. The maximum absolute atomic E-state index is 12.2. The molecule has 1 aromatic carbocycles. The second-order valence-electron chi connectivity index (χ2n) is 5.58. The van der Waals surface area contributed by atoms with E-state index in [-0.39, 0.29) is 11.9 Å². The Morgan fingerprint density at radius 1 is 1.29 bits per heavy atom. The molecule has 0 spiro atoms. The fourth-order valence-corrected chi connectivity index (χ4v) is 4.31. The molecule has 0 saturated heterocycles. The third-order valence-corrected chi connectivity index (χ3v) is 5.83. The molecule has 2 atom stereocenters. The van der Waals surface area contributed by atoms with Crippen LogP contribution in [0.5, 0.6) is 5.75 Å². The van der Waals surface area contributed by atoms with Crippen LogP contribution in [0.25, 0.3) is 0 Å². The number of hydrogen-bond acceptors (Lipinski definition) is 4. The SMILES string of the molecule is NCc1ccccc1OCC(O)CS(=O)C1CCCCC1. The fraction of sp³-hybridized carbons (Fsp3) is 0.625. The lowest BCUT2D eigenvalue weighted by Gasteiger charge is -2.22. The summed E-state index contributed by atoms with van der Waals surface area (Å²) in [6, 6.07) is 7.53. The molecule has 118 valence electrons. The van der Waals surface area contributed by atoms with Crippen molar-refractivity contribution < 1.29 is 14.1 Å². The van der Waals surface area contributed by atoms with Crippen molar-refractivity contribution in [3.63, 3.8) is 0 Å². The predicted molar refractivity (Wildman–Crippen MR) is 85.7 cm³/mol. The summed E-state index contributed by atoms with van der Waals surface area (Å²) in [5.74, 6) is 0.998. The molecule has 4 nitrogen and oxygen atoms in total. The number of hydrogen-bond donors (Lipinski definition) is 2. The monoisotopic (exact) mass is 311 g/mol. The van der Waals surface area contributed by atoms with E-state index in [9.17, 15) is 9.32 Å². The highest BCUT2D eigenvalue weighted by atomic mass is 32.2. The Labute approximate surface area is 129 Å². The van der Waals surface area contributed by atoms with Gasteiger partial charge in [0.2, 0.25) is 0 Å². The molecule has 0 radical (unpaired) electrons. The van der Waals surface area contributed by atoms with Gasteiger partial charge >= 0.3 is 0 Å². The van der Waals surface area contributed by atoms with E-state index in [1.54, 1.807) is 0 Å². The minimum absolute atomic E-state index is 0.162. The van der Waals surface area contributed by atoms with Gasteiger partial charge < -0.3 is 15.6 Å². The van der Waals surface area contributed by atoms with Crippen LogP contribution < -0.4 is 10.5 Å².